The molecule has 0 unspecified atom stereocenters. The molecule has 6 heteroatoms. The van der Waals surface area contributed by atoms with Crippen molar-refractivity contribution in [2.75, 3.05) is 0 Å². The third kappa shape index (κ3) is 3.17. The highest BCUT2D eigenvalue weighted by molar-refractivity contribution is 6.30. The maximum absolute atomic E-state index is 13.3. The zero-order chi connectivity index (χ0) is 14.7. The Morgan fingerprint density at radius 2 is 2.15 bits per heavy atom. The Balaban J connectivity index is 1.99. The van der Waals surface area contributed by atoms with Crippen LogP contribution in [0.4, 0.5) is 4.39 Å². The first-order valence-electron chi connectivity index (χ1n) is 6.29. The van der Waals surface area contributed by atoms with E-state index in [0.717, 1.165) is 16.8 Å². The summed E-state index contributed by atoms with van der Waals surface area (Å²) < 4.78 is 14.9. The number of hydrogen-bond acceptors (Lipinski definition) is 3. The van der Waals surface area contributed by atoms with Crippen LogP contribution >= 0.6 is 11.6 Å². The Morgan fingerprint density at radius 1 is 1.40 bits per heavy atom. The molecule has 20 heavy (non-hydrogen) atoms. The number of hydrogen-bond donors (Lipinski definition) is 2. The molecule has 1 aromatic carbocycles. The molecular formula is C14H17ClFN3O. The van der Waals surface area contributed by atoms with Gasteiger partial charge in [-0.25, -0.2) is 4.39 Å². The monoisotopic (exact) mass is 297 g/mol. The Labute approximate surface area is 122 Å². The van der Waals surface area contributed by atoms with Crippen molar-refractivity contribution >= 4 is 11.6 Å². The summed E-state index contributed by atoms with van der Waals surface area (Å²) in [4.78, 5) is 0. The van der Waals surface area contributed by atoms with Crippen molar-refractivity contribution in [3.63, 3.8) is 0 Å². The summed E-state index contributed by atoms with van der Waals surface area (Å²) in [6.45, 7) is 2.76. The maximum Gasteiger partial charge on any atom is 0.131 e. The molecule has 0 atom stereocenters. The summed E-state index contributed by atoms with van der Waals surface area (Å²) >= 11 is 6.14. The average molecular weight is 298 g/mol. The van der Waals surface area contributed by atoms with Crippen LogP contribution in [0.5, 0.6) is 0 Å². The standard InChI is InChI=1S/C14H17ClFN3O/c1-9-12(14(15)19(2)18-9)7-17-6-10-3-4-13(16)11(5-10)8-20/h3-5,17,20H,6-8H2,1-2H3. The van der Waals surface area contributed by atoms with Crippen LogP contribution in [0.1, 0.15) is 22.4 Å². The Hall–Kier alpha value is -1.43. The summed E-state index contributed by atoms with van der Waals surface area (Å²) in [5.74, 6) is -0.387. The number of aryl methyl sites for hydroxylation is 2. The number of aliphatic hydroxyl groups is 1. The normalized spacial score (nSPS) is 11.1. The summed E-state index contributed by atoms with van der Waals surface area (Å²) in [5, 5.41) is 17.1. The van der Waals surface area contributed by atoms with Crippen LogP contribution in [0.15, 0.2) is 18.2 Å². The third-order valence-corrected chi connectivity index (χ3v) is 3.65. The van der Waals surface area contributed by atoms with Crippen molar-refractivity contribution in [2.24, 2.45) is 7.05 Å². The molecule has 0 aliphatic carbocycles. The first kappa shape index (κ1) is 15.0. The summed E-state index contributed by atoms with van der Waals surface area (Å²) in [6.07, 6.45) is 0. The van der Waals surface area contributed by atoms with Crippen LogP contribution in [-0.2, 0) is 26.7 Å². The molecule has 0 fully saturated rings. The van der Waals surface area contributed by atoms with Gasteiger partial charge in [-0.1, -0.05) is 17.7 Å². The van der Waals surface area contributed by atoms with Crippen LogP contribution in [0.3, 0.4) is 0 Å². The lowest BCUT2D eigenvalue weighted by Crippen LogP contribution is -2.13. The Morgan fingerprint density at radius 3 is 2.75 bits per heavy atom. The lowest BCUT2D eigenvalue weighted by Gasteiger charge is -2.07. The van der Waals surface area contributed by atoms with Gasteiger partial charge in [0.25, 0.3) is 0 Å². The van der Waals surface area contributed by atoms with Crippen LogP contribution in [0, 0.1) is 12.7 Å². The highest BCUT2D eigenvalue weighted by Crippen LogP contribution is 2.18. The van der Waals surface area contributed by atoms with E-state index in [1.54, 1.807) is 23.9 Å². The Kier molecular flexibility index (Phi) is 4.75. The van der Waals surface area contributed by atoms with Gasteiger partial charge < -0.3 is 10.4 Å². The topological polar surface area (TPSA) is 50.1 Å². The fourth-order valence-electron chi connectivity index (χ4n) is 2.07. The van der Waals surface area contributed by atoms with Gasteiger partial charge in [0.05, 0.1) is 12.3 Å². The largest absolute Gasteiger partial charge is 0.392 e. The van der Waals surface area contributed by atoms with Crippen LogP contribution in [-0.4, -0.2) is 14.9 Å². The quantitative estimate of drug-likeness (QED) is 0.890. The van der Waals surface area contributed by atoms with Crippen molar-refractivity contribution in [1.29, 1.82) is 0 Å². The van der Waals surface area contributed by atoms with Gasteiger partial charge in [-0.15, -0.1) is 0 Å². The molecule has 2 rings (SSSR count). The van der Waals surface area contributed by atoms with Gasteiger partial charge in [-0.3, -0.25) is 4.68 Å². The number of halogens is 2. The second-order valence-electron chi connectivity index (χ2n) is 4.67. The molecule has 4 nitrogen and oxygen atoms in total. The van der Waals surface area contributed by atoms with Gasteiger partial charge in [0.2, 0.25) is 0 Å². The van der Waals surface area contributed by atoms with E-state index >= 15 is 0 Å². The van der Waals surface area contributed by atoms with E-state index in [9.17, 15) is 4.39 Å². The zero-order valence-electron chi connectivity index (χ0n) is 11.5. The van der Waals surface area contributed by atoms with Crippen LogP contribution in [0.2, 0.25) is 5.15 Å². The first-order valence-corrected chi connectivity index (χ1v) is 6.67. The van der Waals surface area contributed by atoms with Gasteiger partial charge in [-0.2, -0.15) is 5.10 Å². The minimum Gasteiger partial charge on any atom is -0.392 e. The molecule has 0 amide bonds. The Bertz CT molecular complexity index is 613. The predicted octanol–water partition coefficient (Wildman–Crippen LogP) is 2.30. The SMILES string of the molecule is Cc1nn(C)c(Cl)c1CNCc1ccc(F)c(CO)c1. The number of benzene rings is 1. The van der Waals surface area contributed by atoms with E-state index in [1.807, 2.05) is 6.92 Å². The minimum absolute atomic E-state index is 0.298. The molecule has 0 saturated heterocycles. The number of nitrogens with one attached hydrogen (secondary N) is 1. The smallest absolute Gasteiger partial charge is 0.131 e. The molecular weight excluding hydrogens is 281 g/mol. The highest BCUT2D eigenvalue weighted by Gasteiger charge is 2.10. The van der Waals surface area contributed by atoms with Crippen molar-refractivity contribution in [1.82, 2.24) is 15.1 Å². The number of nitrogens with zero attached hydrogens (tertiary/aromatic N) is 2. The molecule has 0 saturated carbocycles. The van der Waals surface area contributed by atoms with E-state index in [1.165, 1.54) is 6.07 Å². The lowest BCUT2D eigenvalue weighted by atomic mass is 10.1. The predicted molar refractivity (Wildman–Crippen MR) is 75.8 cm³/mol. The van der Waals surface area contributed by atoms with E-state index in [2.05, 4.69) is 10.4 Å². The fraction of sp³-hybridized carbons (Fsp3) is 0.357. The summed E-state index contributed by atoms with van der Waals surface area (Å²) in [6, 6.07) is 4.71. The van der Waals surface area contributed by atoms with Crippen molar-refractivity contribution in [3.05, 3.63) is 51.6 Å². The summed E-state index contributed by atoms with van der Waals surface area (Å²) in [5.41, 5.74) is 3.06. The highest BCUT2D eigenvalue weighted by atomic mass is 35.5. The van der Waals surface area contributed by atoms with Crippen molar-refractivity contribution in [2.45, 2.75) is 26.6 Å². The number of aliphatic hydroxyl groups excluding tert-OH is 1. The fourth-order valence-corrected chi connectivity index (χ4v) is 2.31. The van der Waals surface area contributed by atoms with Gasteiger partial charge in [0.1, 0.15) is 11.0 Å². The van der Waals surface area contributed by atoms with E-state index in [0.29, 0.717) is 23.8 Å². The molecule has 0 radical (unpaired) electrons. The van der Waals surface area contributed by atoms with Crippen molar-refractivity contribution < 1.29 is 9.50 Å². The van der Waals surface area contributed by atoms with E-state index in [-0.39, 0.29) is 12.4 Å². The minimum atomic E-state index is -0.387. The lowest BCUT2D eigenvalue weighted by molar-refractivity contribution is 0.275. The molecule has 0 spiro atoms. The average Bonchev–Trinajstić information content (AvgIpc) is 2.67. The molecule has 2 N–H and O–H groups in total. The number of aromatic nitrogens is 2. The summed E-state index contributed by atoms with van der Waals surface area (Å²) in [7, 11) is 1.80. The van der Waals surface area contributed by atoms with Crippen LogP contribution < -0.4 is 5.32 Å². The van der Waals surface area contributed by atoms with Crippen molar-refractivity contribution in [3.8, 4) is 0 Å². The van der Waals surface area contributed by atoms with E-state index in [4.69, 9.17) is 16.7 Å². The molecule has 1 aromatic heterocycles. The van der Waals surface area contributed by atoms with Crippen LogP contribution in [0.25, 0.3) is 0 Å². The molecule has 108 valence electrons. The van der Waals surface area contributed by atoms with E-state index < -0.39 is 0 Å². The van der Waals surface area contributed by atoms with Gasteiger partial charge >= 0.3 is 0 Å². The second kappa shape index (κ2) is 6.35. The molecule has 0 aliphatic heterocycles. The third-order valence-electron chi connectivity index (χ3n) is 3.18. The second-order valence-corrected chi connectivity index (χ2v) is 5.02. The molecule has 1 heterocycles. The molecule has 0 bridgehead atoms. The van der Waals surface area contributed by atoms with Gasteiger partial charge in [0.15, 0.2) is 0 Å². The zero-order valence-corrected chi connectivity index (χ0v) is 12.2. The first-order chi connectivity index (χ1) is 9.52. The molecule has 0 aliphatic rings. The number of rotatable bonds is 5. The molecule has 2 aromatic rings. The maximum atomic E-state index is 13.3. The van der Waals surface area contributed by atoms with Gasteiger partial charge in [-0.05, 0) is 24.6 Å². The van der Waals surface area contributed by atoms with Gasteiger partial charge in [0, 0.05) is 31.3 Å².